The zero-order valence-corrected chi connectivity index (χ0v) is 7.87. The molecule has 0 radical (unpaired) electrons. The van der Waals surface area contributed by atoms with Crippen LogP contribution in [0.4, 0.5) is 5.69 Å². The van der Waals surface area contributed by atoms with Crippen molar-refractivity contribution in [2.75, 3.05) is 5.32 Å². The summed E-state index contributed by atoms with van der Waals surface area (Å²) < 4.78 is 0. The van der Waals surface area contributed by atoms with Gasteiger partial charge in [-0.15, -0.1) is 0 Å². The van der Waals surface area contributed by atoms with Gasteiger partial charge >= 0.3 is 0 Å². The molecule has 0 fully saturated rings. The molecule has 68 valence electrons. The van der Waals surface area contributed by atoms with Gasteiger partial charge in [0.25, 0.3) is 0 Å². The van der Waals surface area contributed by atoms with Gasteiger partial charge in [0.05, 0.1) is 0 Å². The van der Waals surface area contributed by atoms with Crippen LogP contribution in [0.15, 0.2) is 30.3 Å². The molecule has 0 spiro atoms. The van der Waals surface area contributed by atoms with Crippen molar-refractivity contribution in [3.8, 4) is 0 Å². The Balaban J connectivity index is 3.11. The molecule has 0 unspecified atom stereocenters. The molecule has 0 saturated carbocycles. The van der Waals surface area contributed by atoms with E-state index in [0.29, 0.717) is 6.41 Å². The summed E-state index contributed by atoms with van der Waals surface area (Å²) in [6, 6.07) is 7.73. The van der Waals surface area contributed by atoms with Crippen LogP contribution >= 0.6 is 0 Å². The third-order valence-corrected chi connectivity index (χ3v) is 2.00. The minimum Gasteiger partial charge on any atom is -0.328 e. The Morgan fingerprint density at radius 1 is 1.38 bits per heavy atom. The first kappa shape index (κ1) is 9.52. The van der Waals surface area contributed by atoms with Gasteiger partial charge in [-0.05, 0) is 25.5 Å². The first-order valence-electron chi connectivity index (χ1n) is 4.22. The lowest BCUT2D eigenvalue weighted by molar-refractivity contribution is -0.105. The highest BCUT2D eigenvalue weighted by molar-refractivity contribution is 5.82. The van der Waals surface area contributed by atoms with E-state index < -0.39 is 0 Å². The van der Waals surface area contributed by atoms with Gasteiger partial charge in [-0.1, -0.05) is 24.3 Å². The summed E-state index contributed by atoms with van der Waals surface area (Å²) in [7, 11) is 0. The number of rotatable bonds is 3. The van der Waals surface area contributed by atoms with E-state index in [1.165, 1.54) is 0 Å². The zero-order valence-electron chi connectivity index (χ0n) is 7.87. The largest absolute Gasteiger partial charge is 0.328 e. The average Bonchev–Trinajstić information content (AvgIpc) is 2.18. The second kappa shape index (κ2) is 4.45. The molecule has 13 heavy (non-hydrogen) atoms. The summed E-state index contributed by atoms with van der Waals surface area (Å²) in [6.07, 6.45) is 2.72. The molecule has 1 aromatic rings. The number of hydrogen-bond donors (Lipinski definition) is 1. The van der Waals surface area contributed by atoms with Crippen LogP contribution in [-0.4, -0.2) is 6.41 Å². The average molecular weight is 175 g/mol. The Kier molecular flexibility index (Phi) is 3.26. The van der Waals surface area contributed by atoms with Crippen molar-refractivity contribution in [2.24, 2.45) is 0 Å². The maximum atomic E-state index is 10.3. The number of anilines is 1. The van der Waals surface area contributed by atoms with Gasteiger partial charge in [-0.25, -0.2) is 0 Å². The lowest BCUT2D eigenvalue weighted by atomic mass is 10.1. The topological polar surface area (TPSA) is 29.1 Å². The predicted octanol–water partition coefficient (Wildman–Crippen LogP) is 2.68. The first-order valence-corrected chi connectivity index (χ1v) is 4.22. The van der Waals surface area contributed by atoms with E-state index in [4.69, 9.17) is 0 Å². The van der Waals surface area contributed by atoms with Crippen molar-refractivity contribution >= 4 is 17.7 Å². The smallest absolute Gasteiger partial charge is 0.211 e. The number of benzene rings is 1. The first-order chi connectivity index (χ1) is 6.29. The van der Waals surface area contributed by atoms with Crippen LogP contribution in [0.2, 0.25) is 0 Å². The van der Waals surface area contributed by atoms with Crippen LogP contribution in [0.1, 0.15) is 19.4 Å². The molecule has 1 rings (SSSR count). The van der Waals surface area contributed by atoms with Gasteiger partial charge < -0.3 is 5.32 Å². The number of carbonyl (C=O) groups is 1. The summed E-state index contributed by atoms with van der Waals surface area (Å²) >= 11 is 0. The van der Waals surface area contributed by atoms with Crippen LogP contribution in [0.3, 0.4) is 0 Å². The number of carbonyl (C=O) groups excluding carboxylic acids is 1. The van der Waals surface area contributed by atoms with E-state index in [1.54, 1.807) is 0 Å². The normalized spacial score (nSPS) is 11.1. The third-order valence-electron chi connectivity index (χ3n) is 2.00. The van der Waals surface area contributed by atoms with Gasteiger partial charge in [-0.3, -0.25) is 4.79 Å². The van der Waals surface area contributed by atoms with Crippen molar-refractivity contribution in [3.05, 3.63) is 35.9 Å². The van der Waals surface area contributed by atoms with Crippen molar-refractivity contribution in [1.82, 2.24) is 0 Å². The molecule has 0 heterocycles. The SMILES string of the molecule is C/C=C(/C)c1ccccc1NC=O. The maximum absolute atomic E-state index is 10.3. The summed E-state index contributed by atoms with van der Waals surface area (Å²) in [6.45, 7) is 4.00. The Bertz CT molecular complexity index is 329. The molecule has 2 nitrogen and oxygen atoms in total. The molecule has 1 amide bonds. The number of allylic oxidation sites excluding steroid dienone is 2. The Labute approximate surface area is 78.3 Å². The number of amides is 1. The maximum Gasteiger partial charge on any atom is 0.211 e. The minimum absolute atomic E-state index is 0.696. The quantitative estimate of drug-likeness (QED) is 0.703. The van der Waals surface area contributed by atoms with E-state index in [0.717, 1.165) is 16.8 Å². The van der Waals surface area contributed by atoms with E-state index in [-0.39, 0.29) is 0 Å². The molecule has 0 aliphatic heterocycles. The van der Waals surface area contributed by atoms with Crippen molar-refractivity contribution in [3.63, 3.8) is 0 Å². The van der Waals surface area contributed by atoms with Crippen LogP contribution in [0.25, 0.3) is 5.57 Å². The Morgan fingerprint density at radius 2 is 2.08 bits per heavy atom. The molecule has 0 aromatic heterocycles. The lowest BCUT2D eigenvalue weighted by Crippen LogP contribution is -1.97. The number of para-hydroxylation sites is 1. The van der Waals surface area contributed by atoms with Gasteiger partial charge in [0, 0.05) is 11.3 Å². The van der Waals surface area contributed by atoms with E-state index in [2.05, 4.69) is 5.32 Å². The Hall–Kier alpha value is -1.57. The van der Waals surface area contributed by atoms with Crippen LogP contribution in [0.5, 0.6) is 0 Å². The van der Waals surface area contributed by atoms with Crippen LogP contribution < -0.4 is 5.32 Å². The molecule has 0 saturated heterocycles. The highest BCUT2D eigenvalue weighted by Gasteiger charge is 2.00. The number of nitrogens with one attached hydrogen (secondary N) is 1. The summed E-state index contributed by atoms with van der Waals surface area (Å²) in [5, 5.41) is 2.67. The van der Waals surface area contributed by atoms with Gasteiger partial charge in [0.15, 0.2) is 0 Å². The van der Waals surface area contributed by atoms with Gasteiger partial charge in [-0.2, -0.15) is 0 Å². The highest BCUT2D eigenvalue weighted by atomic mass is 16.1. The fraction of sp³-hybridized carbons (Fsp3) is 0.182. The van der Waals surface area contributed by atoms with Crippen LogP contribution in [-0.2, 0) is 4.79 Å². The molecule has 1 N–H and O–H groups in total. The summed E-state index contributed by atoms with van der Waals surface area (Å²) in [4.78, 5) is 10.3. The Morgan fingerprint density at radius 3 is 2.69 bits per heavy atom. The highest BCUT2D eigenvalue weighted by Crippen LogP contribution is 2.22. The van der Waals surface area contributed by atoms with E-state index in [1.807, 2.05) is 44.2 Å². The van der Waals surface area contributed by atoms with E-state index in [9.17, 15) is 4.79 Å². The molecular weight excluding hydrogens is 162 g/mol. The fourth-order valence-electron chi connectivity index (χ4n) is 1.17. The zero-order chi connectivity index (χ0) is 9.68. The molecule has 1 aromatic carbocycles. The lowest BCUT2D eigenvalue weighted by Gasteiger charge is -2.07. The summed E-state index contributed by atoms with van der Waals surface area (Å²) in [5.74, 6) is 0. The molecule has 0 aliphatic carbocycles. The summed E-state index contributed by atoms with van der Waals surface area (Å²) in [5.41, 5.74) is 3.08. The van der Waals surface area contributed by atoms with Crippen molar-refractivity contribution < 1.29 is 4.79 Å². The molecule has 0 aliphatic rings. The molecule has 0 bridgehead atoms. The van der Waals surface area contributed by atoms with E-state index >= 15 is 0 Å². The molecule has 0 atom stereocenters. The standard InChI is InChI=1S/C11H13NO/c1-3-9(2)10-6-4-5-7-11(10)12-8-13/h3-8H,1-2H3,(H,12,13)/b9-3-. The fourth-order valence-corrected chi connectivity index (χ4v) is 1.17. The number of hydrogen-bond acceptors (Lipinski definition) is 1. The minimum atomic E-state index is 0.696. The van der Waals surface area contributed by atoms with Gasteiger partial charge in [0.1, 0.15) is 0 Å². The van der Waals surface area contributed by atoms with Crippen molar-refractivity contribution in [1.29, 1.82) is 0 Å². The molecule has 2 heteroatoms. The molecular formula is C11H13NO. The second-order valence-electron chi connectivity index (χ2n) is 2.78. The van der Waals surface area contributed by atoms with Crippen molar-refractivity contribution in [2.45, 2.75) is 13.8 Å². The third kappa shape index (κ3) is 2.18. The monoisotopic (exact) mass is 175 g/mol. The predicted molar refractivity (Wildman–Crippen MR) is 55.5 cm³/mol. The second-order valence-corrected chi connectivity index (χ2v) is 2.78. The van der Waals surface area contributed by atoms with Gasteiger partial charge in [0.2, 0.25) is 6.41 Å². The van der Waals surface area contributed by atoms with Crippen LogP contribution in [0, 0.1) is 0 Å².